The van der Waals surface area contributed by atoms with Gasteiger partial charge in [0.1, 0.15) is 0 Å². The van der Waals surface area contributed by atoms with Crippen molar-refractivity contribution in [2.45, 2.75) is 38.1 Å². The molecule has 2 aromatic rings. The predicted octanol–water partition coefficient (Wildman–Crippen LogP) is 3.37. The summed E-state index contributed by atoms with van der Waals surface area (Å²) in [5.74, 6) is 1.61. The van der Waals surface area contributed by atoms with Gasteiger partial charge >= 0.3 is 0 Å². The van der Waals surface area contributed by atoms with Crippen molar-refractivity contribution in [3.05, 3.63) is 54.1 Å². The highest BCUT2D eigenvalue weighted by Crippen LogP contribution is 2.32. The highest BCUT2D eigenvalue weighted by Gasteiger charge is 2.22. The molecule has 0 bridgehead atoms. The highest BCUT2D eigenvalue weighted by molar-refractivity contribution is 7.89. The summed E-state index contributed by atoms with van der Waals surface area (Å²) in [6, 6.07) is 14.3. The number of benzene rings is 2. The van der Waals surface area contributed by atoms with Crippen molar-refractivity contribution in [1.82, 2.24) is 4.31 Å². The molecule has 2 aromatic carbocycles. The van der Waals surface area contributed by atoms with Gasteiger partial charge in [0, 0.05) is 19.6 Å². The average Bonchev–Trinajstić information content (AvgIpc) is 3.16. The lowest BCUT2D eigenvalue weighted by Crippen LogP contribution is -2.32. The summed E-state index contributed by atoms with van der Waals surface area (Å²) >= 11 is 0. The average molecular weight is 393 g/mol. The zero-order valence-corrected chi connectivity index (χ0v) is 16.7. The molecule has 1 aliphatic heterocycles. The van der Waals surface area contributed by atoms with Crippen molar-refractivity contribution >= 4 is 10.0 Å². The maximum Gasteiger partial charge on any atom is 0.243 e. The van der Waals surface area contributed by atoms with Crippen LogP contribution in [-0.2, 0) is 16.6 Å². The van der Waals surface area contributed by atoms with Crippen LogP contribution in [0.2, 0.25) is 0 Å². The summed E-state index contributed by atoms with van der Waals surface area (Å²) in [5.41, 5.74) is 6.51. The van der Waals surface area contributed by atoms with Crippen LogP contribution < -0.4 is 15.2 Å². The van der Waals surface area contributed by atoms with Gasteiger partial charge in [-0.2, -0.15) is 4.31 Å². The van der Waals surface area contributed by atoms with E-state index >= 15 is 0 Å². The third-order valence-electron chi connectivity index (χ3n) is 4.00. The maximum absolute atomic E-state index is 12.2. The van der Waals surface area contributed by atoms with E-state index in [1.165, 1.54) is 0 Å². The Kier molecular flexibility index (Phi) is 8.09. The third kappa shape index (κ3) is 5.69. The van der Waals surface area contributed by atoms with Gasteiger partial charge in [-0.1, -0.05) is 38.1 Å². The normalized spacial score (nSPS) is 12.6. The third-order valence-corrected chi connectivity index (χ3v) is 5.91. The zero-order chi connectivity index (χ0) is 19.7. The standard InChI is InChI=1S/C12H19NO2S.C8H9NO2/c1-3-10-13(11-4-2)16(14,15)12-8-6-5-7-9-12;9-4-6-1-2-7-8(3-6)11-5-10-7/h5-9H,3-4,10-11H2,1-2H3;1-3H,4-5,9H2. The van der Waals surface area contributed by atoms with Gasteiger partial charge < -0.3 is 15.2 Å². The second-order valence-electron chi connectivity index (χ2n) is 6.11. The van der Waals surface area contributed by atoms with E-state index in [-0.39, 0.29) is 0 Å². The molecule has 0 aromatic heterocycles. The number of nitrogens with two attached hydrogens (primary N) is 1. The van der Waals surface area contributed by atoms with Crippen molar-refractivity contribution in [3.63, 3.8) is 0 Å². The van der Waals surface area contributed by atoms with Gasteiger partial charge in [0.15, 0.2) is 11.5 Å². The molecule has 0 atom stereocenters. The summed E-state index contributed by atoms with van der Waals surface area (Å²) < 4.78 is 36.3. The van der Waals surface area contributed by atoms with E-state index in [1.807, 2.05) is 38.1 Å². The lowest BCUT2D eigenvalue weighted by Gasteiger charge is -2.20. The van der Waals surface area contributed by atoms with E-state index in [9.17, 15) is 8.42 Å². The molecular formula is C20H28N2O4S. The number of ether oxygens (including phenoxy) is 2. The fourth-order valence-corrected chi connectivity index (χ4v) is 4.31. The maximum atomic E-state index is 12.2. The number of nitrogens with zero attached hydrogens (tertiary/aromatic N) is 1. The van der Waals surface area contributed by atoms with Crippen LogP contribution in [0.1, 0.15) is 32.3 Å². The lowest BCUT2D eigenvalue weighted by atomic mass is 10.2. The Bertz CT molecular complexity index is 804. The van der Waals surface area contributed by atoms with Crippen molar-refractivity contribution in [2.75, 3.05) is 19.9 Å². The highest BCUT2D eigenvalue weighted by atomic mass is 32.2. The molecule has 0 unspecified atom stereocenters. The predicted molar refractivity (Wildman–Crippen MR) is 106 cm³/mol. The van der Waals surface area contributed by atoms with E-state index in [0.29, 0.717) is 31.3 Å². The lowest BCUT2D eigenvalue weighted by molar-refractivity contribution is 0.174. The Balaban J connectivity index is 0.000000206. The molecule has 0 aliphatic carbocycles. The van der Waals surface area contributed by atoms with Crippen molar-refractivity contribution in [3.8, 4) is 11.5 Å². The number of hydrogen-bond donors (Lipinski definition) is 1. The largest absolute Gasteiger partial charge is 0.454 e. The van der Waals surface area contributed by atoms with Crippen molar-refractivity contribution < 1.29 is 17.9 Å². The molecule has 6 nitrogen and oxygen atoms in total. The Morgan fingerprint density at radius 3 is 2.19 bits per heavy atom. The topological polar surface area (TPSA) is 81.9 Å². The smallest absolute Gasteiger partial charge is 0.243 e. The van der Waals surface area contributed by atoms with Gasteiger partial charge in [-0.25, -0.2) is 8.42 Å². The van der Waals surface area contributed by atoms with Crippen LogP contribution in [0.3, 0.4) is 0 Å². The van der Waals surface area contributed by atoms with Gasteiger partial charge in [-0.3, -0.25) is 0 Å². The molecule has 2 N–H and O–H groups in total. The zero-order valence-electron chi connectivity index (χ0n) is 15.9. The van der Waals surface area contributed by atoms with Crippen LogP contribution in [0, 0.1) is 0 Å². The summed E-state index contributed by atoms with van der Waals surface area (Å²) in [5, 5.41) is 0. The Labute approximate surface area is 161 Å². The molecule has 1 heterocycles. The number of sulfonamides is 1. The molecule has 148 valence electrons. The van der Waals surface area contributed by atoms with Crippen LogP contribution in [0.4, 0.5) is 0 Å². The monoisotopic (exact) mass is 392 g/mol. The molecule has 27 heavy (non-hydrogen) atoms. The van der Waals surface area contributed by atoms with E-state index in [1.54, 1.807) is 28.6 Å². The molecule has 3 rings (SSSR count). The van der Waals surface area contributed by atoms with Crippen molar-refractivity contribution in [2.24, 2.45) is 5.73 Å². The van der Waals surface area contributed by atoms with Gasteiger partial charge in [0.25, 0.3) is 0 Å². The minimum absolute atomic E-state index is 0.323. The molecule has 7 heteroatoms. The first-order valence-electron chi connectivity index (χ1n) is 9.16. The summed E-state index contributed by atoms with van der Waals surface area (Å²) in [7, 11) is -3.29. The molecule has 0 fully saturated rings. The van der Waals surface area contributed by atoms with Crippen LogP contribution in [0.15, 0.2) is 53.4 Å². The molecule has 1 aliphatic rings. The van der Waals surface area contributed by atoms with Gasteiger partial charge in [0.05, 0.1) is 4.90 Å². The van der Waals surface area contributed by atoms with E-state index < -0.39 is 10.0 Å². The molecule has 0 saturated carbocycles. The first-order chi connectivity index (χ1) is 13.0. The van der Waals surface area contributed by atoms with Crippen LogP contribution >= 0.6 is 0 Å². The fourth-order valence-electron chi connectivity index (χ4n) is 2.66. The Hall–Kier alpha value is -2.09. The molecule has 0 spiro atoms. The summed E-state index contributed by atoms with van der Waals surface area (Å²) in [6.07, 6.45) is 1.68. The number of fused-ring (bicyclic) bond motifs is 1. The summed E-state index contributed by atoms with van der Waals surface area (Å²) in [6.45, 7) is 6.02. The first kappa shape index (κ1) is 21.2. The quantitative estimate of drug-likeness (QED) is 0.781. The molecular weight excluding hydrogens is 364 g/mol. The SMILES string of the molecule is CCCN(CCC)S(=O)(=O)c1ccccc1.NCc1ccc2c(c1)OCO2. The van der Waals surface area contributed by atoms with Gasteiger partial charge in [0.2, 0.25) is 16.8 Å². The fraction of sp³-hybridized carbons (Fsp3) is 0.400. The van der Waals surface area contributed by atoms with Crippen molar-refractivity contribution in [1.29, 1.82) is 0 Å². The van der Waals surface area contributed by atoms with E-state index in [2.05, 4.69) is 0 Å². The minimum Gasteiger partial charge on any atom is -0.454 e. The summed E-state index contributed by atoms with van der Waals surface area (Å²) in [4.78, 5) is 0.386. The van der Waals surface area contributed by atoms with Crippen LogP contribution in [0.25, 0.3) is 0 Å². The van der Waals surface area contributed by atoms with Gasteiger partial charge in [-0.05, 0) is 42.7 Å². The second-order valence-corrected chi connectivity index (χ2v) is 8.05. The Morgan fingerprint density at radius 2 is 1.59 bits per heavy atom. The number of hydrogen-bond acceptors (Lipinski definition) is 5. The number of rotatable bonds is 7. The molecule has 0 radical (unpaired) electrons. The van der Waals surface area contributed by atoms with Gasteiger partial charge in [-0.15, -0.1) is 0 Å². The Morgan fingerprint density at radius 1 is 0.963 bits per heavy atom. The molecule has 0 saturated heterocycles. The van der Waals surface area contributed by atoms with E-state index in [0.717, 1.165) is 29.9 Å². The van der Waals surface area contributed by atoms with Crippen LogP contribution in [-0.4, -0.2) is 32.6 Å². The first-order valence-corrected chi connectivity index (χ1v) is 10.6. The van der Waals surface area contributed by atoms with Crippen LogP contribution in [0.5, 0.6) is 11.5 Å². The van der Waals surface area contributed by atoms with E-state index in [4.69, 9.17) is 15.2 Å². The molecule has 0 amide bonds. The minimum atomic E-state index is -3.29. The second kappa shape index (κ2) is 10.3.